The summed E-state index contributed by atoms with van der Waals surface area (Å²) >= 11 is 0. The normalized spacial score (nSPS) is 24.1. The molecule has 0 radical (unpaired) electrons. The Morgan fingerprint density at radius 1 is 1.35 bits per heavy atom. The highest BCUT2D eigenvalue weighted by atomic mass is 16.2. The highest BCUT2D eigenvalue weighted by Crippen LogP contribution is 2.19. The minimum Gasteiger partial charge on any atom is -0.368 e. The Labute approximate surface area is 101 Å². The number of carbonyl (C=O) groups is 2. The molecule has 0 aromatic heterocycles. The zero-order valence-electron chi connectivity index (χ0n) is 9.95. The number of nitrogens with zero attached hydrogens (tertiary/aromatic N) is 1. The van der Waals surface area contributed by atoms with Crippen LogP contribution in [0.15, 0.2) is 0 Å². The lowest BCUT2D eigenvalue weighted by atomic mass is 9.93. The molecule has 0 spiro atoms. The molecule has 1 saturated heterocycles. The van der Waals surface area contributed by atoms with Crippen LogP contribution in [0.1, 0.15) is 25.7 Å². The minimum absolute atomic E-state index is 0.00486. The summed E-state index contributed by atoms with van der Waals surface area (Å²) in [6.07, 6.45) is 4.13. The third-order valence-corrected chi connectivity index (χ3v) is 3.49. The molecule has 6 heteroatoms. The van der Waals surface area contributed by atoms with E-state index in [1.165, 1.54) is 6.42 Å². The Kier molecular flexibility index (Phi) is 3.83. The van der Waals surface area contributed by atoms with Crippen LogP contribution in [-0.4, -0.2) is 48.6 Å². The van der Waals surface area contributed by atoms with Gasteiger partial charge in [-0.2, -0.15) is 0 Å². The Morgan fingerprint density at radius 2 is 2.12 bits per heavy atom. The van der Waals surface area contributed by atoms with E-state index in [0.717, 1.165) is 32.4 Å². The van der Waals surface area contributed by atoms with Crippen LogP contribution in [0.25, 0.3) is 0 Å². The summed E-state index contributed by atoms with van der Waals surface area (Å²) in [7, 11) is 0. The van der Waals surface area contributed by atoms with Crippen molar-refractivity contribution >= 4 is 11.9 Å². The fourth-order valence-electron chi connectivity index (χ4n) is 2.25. The summed E-state index contributed by atoms with van der Waals surface area (Å²) in [4.78, 5) is 24.6. The molecule has 3 amide bonds. The highest BCUT2D eigenvalue weighted by molar-refractivity contribution is 5.83. The minimum atomic E-state index is -0.458. The smallest absolute Gasteiger partial charge is 0.318 e. The van der Waals surface area contributed by atoms with Gasteiger partial charge in [0.1, 0.15) is 6.54 Å². The predicted molar refractivity (Wildman–Crippen MR) is 63.3 cm³/mol. The fraction of sp³-hybridized carbons (Fsp3) is 0.818. The summed E-state index contributed by atoms with van der Waals surface area (Å²) in [5.41, 5.74) is 5.20. The van der Waals surface area contributed by atoms with E-state index in [0.29, 0.717) is 0 Å². The molecule has 96 valence electrons. The van der Waals surface area contributed by atoms with Gasteiger partial charge in [0.05, 0.1) is 0 Å². The molecule has 1 heterocycles. The van der Waals surface area contributed by atoms with E-state index in [1.54, 1.807) is 4.90 Å². The molecule has 0 bridgehead atoms. The number of nitrogens with two attached hydrogens (primary N) is 1. The first-order valence-electron chi connectivity index (χ1n) is 6.23. The van der Waals surface area contributed by atoms with Crippen molar-refractivity contribution in [1.29, 1.82) is 0 Å². The zero-order valence-corrected chi connectivity index (χ0v) is 9.95. The van der Waals surface area contributed by atoms with Crippen molar-refractivity contribution in [2.45, 2.75) is 37.8 Å². The van der Waals surface area contributed by atoms with Gasteiger partial charge in [-0.15, -0.1) is 0 Å². The summed E-state index contributed by atoms with van der Waals surface area (Å²) in [5, 5.41) is 6.14. The van der Waals surface area contributed by atoms with E-state index in [4.69, 9.17) is 5.73 Å². The number of urea groups is 1. The maximum Gasteiger partial charge on any atom is 0.318 e. The lowest BCUT2D eigenvalue weighted by Gasteiger charge is -2.32. The van der Waals surface area contributed by atoms with Crippen LogP contribution in [0.2, 0.25) is 0 Å². The fourth-order valence-corrected chi connectivity index (χ4v) is 2.25. The third kappa shape index (κ3) is 3.09. The van der Waals surface area contributed by atoms with E-state index < -0.39 is 5.91 Å². The van der Waals surface area contributed by atoms with Gasteiger partial charge in [0.15, 0.2) is 0 Å². The molecule has 1 atom stereocenters. The largest absolute Gasteiger partial charge is 0.368 e. The molecule has 1 saturated carbocycles. The zero-order chi connectivity index (χ0) is 12.3. The van der Waals surface area contributed by atoms with Crippen LogP contribution in [0.5, 0.6) is 0 Å². The number of primary amides is 1. The van der Waals surface area contributed by atoms with Crippen LogP contribution < -0.4 is 16.4 Å². The van der Waals surface area contributed by atoms with Gasteiger partial charge in [0, 0.05) is 18.6 Å². The molecule has 4 N–H and O–H groups in total. The van der Waals surface area contributed by atoms with Crippen molar-refractivity contribution < 1.29 is 9.59 Å². The molecule has 0 aromatic rings. The van der Waals surface area contributed by atoms with Gasteiger partial charge in [-0.25, -0.2) is 4.79 Å². The molecule has 1 aliphatic carbocycles. The number of amides is 3. The summed E-state index contributed by atoms with van der Waals surface area (Å²) in [6, 6.07) is 0.219. The van der Waals surface area contributed by atoms with E-state index >= 15 is 0 Å². The summed E-state index contributed by atoms with van der Waals surface area (Å²) < 4.78 is 0. The predicted octanol–water partition coefficient (Wildman–Crippen LogP) is -0.602. The van der Waals surface area contributed by atoms with Gasteiger partial charge in [-0.1, -0.05) is 0 Å². The maximum atomic E-state index is 12.0. The summed E-state index contributed by atoms with van der Waals surface area (Å²) in [6.45, 7) is 1.63. The first kappa shape index (κ1) is 12.2. The van der Waals surface area contributed by atoms with Gasteiger partial charge in [-0.05, 0) is 32.2 Å². The number of hydrogen-bond donors (Lipinski definition) is 3. The Morgan fingerprint density at radius 3 is 2.59 bits per heavy atom. The second kappa shape index (κ2) is 5.35. The lowest BCUT2D eigenvalue weighted by Crippen LogP contribution is -2.53. The van der Waals surface area contributed by atoms with E-state index in [9.17, 15) is 9.59 Å². The second-order valence-corrected chi connectivity index (χ2v) is 4.82. The second-order valence-electron chi connectivity index (χ2n) is 4.82. The Bertz CT molecular complexity index is 298. The van der Waals surface area contributed by atoms with E-state index in [2.05, 4.69) is 10.6 Å². The molecule has 17 heavy (non-hydrogen) atoms. The van der Waals surface area contributed by atoms with E-state index in [-0.39, 0.29) is 24.7 Å². The Hall–Kier alpha value is -1.30. The monoisotopic (exact) mass is 240 g/mol. The lowest BCUT2D eigenvalue weighted by molar-refractivity contribution is -0.119. The molecule has 2 fully saturated rings. The SMILES string of the molecule is NC(=O)CN(C(=O)NC1CCC1)C1CCNC1. The molecule has 1 aliphatic heterocycles. The van der Waals surface area contributed by atoms with Crippen LogP contribution in [-0.2, 0) is 4.79 Å². The topological polar surface area (TPSA) is 87.5 Å². The van der Waals surface area contributed by atoms with Gasteiger partial charge >= 0.3 is 6.03 Å². The number of rotatable bonds is 4. The van der Waals surface area contributed by atoms with Crippen molar-refractivity contribution in [1.82, 2.24) is 15.5 Å². The first-order valence-corrected chi connectivity index (χ1v) is 6.23. The Balaban J connectivity index is 1.92. The van der Waals surface area contributed by atoms with Gasteiger partial charge < -0.3 is 21.3 Å². The number of hydrogen-bond acceptors (Lipinski definition) is 3. The van der Waals surface area contributed by atoms with Gasteiger partial charge in [0.25, 0.3) is 0 Å². The highest BCUT2D eigenvalue weighted by Gasteiger charge is 2.30. The van der Waals surface area contributed by atoms with Gasteiger partial charge in [-0.3, -0.25) is 4.79 Å². The van der Waals surface area contributed by atoms with Crippen molar-refractivity contribution in [2.75, 3.05) is 19.6 Å². The van der Waals surface area contributed by atoms with Crippen LogP contribution in [0.4, 0.5) is 4.79 Å². The number of carbonyl (C=O) groups excluding carboxylic acids is 2. The molecule has 0 aromatic carbocycles. The van der Waals surface area contributed by atoms with Crippen molar-refractivity contribution in [3.63, 3.8) is 0 Å². The third-order valence-electron chi connectivity index (χ3n) is 3.49. The van der Waals surface area contributed by atoms with Crippen molar-refractivity contribution in [3.8, 4) is 0 Å². The van der Waals surface area contributed by atoms with Crippen molar-refractivity contribution in [2.24, 2.45) is 5.73 Å². The molecule has 1 unspecified atom stereocenters. The quantitative estimate of drug-likeness (QED) is 0.613. The molecule has 6 nitrogen and oxygen atoms in total. The van der Waals surface area contributed by atoms with E-state index in [1.807, 2.05) is 0 Å². The molecule has 2 rings (SSSR count). The van der Waals surface area contributed by atoms with Gasteiger partial charge in [0.2, 0.25) is 5.91 Å². The van der Waals surface area contributed by atoms with Crippen LogP contribution in [0, 0.1) is 0 Å². The van der Waals surface area contributed by atoms with Crippen LogP contribution in [0.3, 0.4) is 0 Å². The molecular formula is C11H20N4O2. The molecular weight excluding hydrogens is 220 g/mol. The standard InChI is InChI=1S/C11H20N4O2/c12-10(16)7-15(9-4-5-13-6-9)11(17)14-8-2-1-3-8/h8-9,13H,1-7H2,(H2,12,16)(H,14,17). The average Bonchev–Trinajstić information content (AvgIpc) is 2.72. The van der Waals surface area contributed by atoms with Crippen LogP contribution >= 0.6 is 0 Å². The first-order chi connectivity index (χ1) is 8.16. The maximum absolute atomic E-state index is 12.0. The van der Waals surface area contributed by atoms with Crippen molar-refractivity contribution in [3.05, 3.63) is 0 Å². The average molecular weight is 240 g/mol. The number of nitrogens with one attached hydrogen (secondary N) is 2. The summed E-state index contributed by atoms with van der Waals surface area (Å²) in [5.74, 6) is -0.458. The molecule has 2 aliphatic rings.